The average molecular weight is 264 g/mol. The molecule has 1 rings (SSSR count). The Kier molecular flexibility index (Phi) is 3.44. The lowest BCUT2D eigenvalue weighted by Gasteiger charge is -2.60. The number of hydrogen-bond acceptors (Lipinski definition) is 0. The summed E-state index contributed by atoms with van der Waals surface area (Å²) in [7, 11) is 0. The van der Waals surface area contributed by atoms with Gasteiger partial charge in [0.05, 0.1) is 0 Å². The van der Waals surface area contributed by atoms with Gasteiger partial charge in [0.1, 0.15) is 0 Å². The highest BCUT2D eigenvalue weighted by Crippen LogP contribution is 2.69. The normalized spacial score (nSPS) is 30.9. The van der Waals surface area contributed by atoms with Gasteiger partial charge in [0.25, 0.3) is 0 Å². The second kappa shape index (κ2) is 3.89. The zero-order valence-corrected chi connectivity index (χ0v) is 15.5. The predicted molar refractivity (Wildman–Crippen MR) is 87.3 cm³/mol. The Hall–Kier alpha value is -0.260. The molecule has 0 heteroatoms. The molecule has 0 aromatic rings. The van der Waals surface area contributed by atoms with Gasteiger partial charge >= 0.3 is 0 Å². The molecule has 1 aliphatic carbocycles. The number of rotatable bonds is 0. The van der Waals surface area contributed by atoms with Crippen molar-refractivity contribution in [3.63, 3.8) is 0 Å². The smallest absolute Gasteiger partial charge is 0.00882 e. The van der Waals surface area contributed by atoms with E-state index in [2.05, 4.69) is 83.1 Å². The first kappa shape index (κ1) is 16.8. The van der Waals surface area contributed by atoms with Crippen molar-refractivity contribution in [2.24, 2.45) is 27.1 Å². The van der Waals surface area contributed by atoms with Crippen LogP contribution in [0.1, 0.15) is 83.1 Å². The fraction of sp³-hybridized carbons (Fsp3) is 0.895. The minimum atomic E-state index is 0.214. The molecule has 19 heavy (non-hydrogen) atoms. The van der Waals surface area contributed by atoms with Crippen molar-refractivity contribution in [3.05, 3.63) is 11.1 Å². The molecular formula is C19H36. The van der Waals surface area contributed by atoms with Crippen LogP contribution >= 0.6 is 0 Å². The lowest BCUT2D eigenvalue weighted by Crippen LogP contribution is -2.54. The van der Waals surface area contributed by atoms with E-state index in [4.69, 9.17) is 0 Å². The average Bonchev–Trinajstić information content (AvgIpc) is 2.25. The maximum absolute atomic E-state index is 2.47. The van der Waals surface area contributed by atoms with Crippen LogP contribution in [-0.2, 0) is 0 Å². The lowest BCUT2D eigenvalue weighted by atomic mass is 9.44. The highest BCUT2D eigenvalue weighted by Gasteiger charge is 2.62. The monoisotopic (exact) mass is 264 g/mol. The fourth-order valence-corrected chi connectivity index (χ4v) is 4.22. The van der Waals surface area contributed by atoms with Crippen molar-refractivity contribution < 1.29 is 0 Å². The van der Waals surface area contributed by atoms with Crippen LogP contribution in [0.4, 0.5) is 0 Å². The van der Waals surface area contributed by atoms with E-state index in [9.17, 15) is 0 Å². The summed E-state index contributed by atoms with van der Waals surface area (Å²) in [5, 5.41) is 0. The Morgan fingerprint density at radius 1 is 0.421 bits per heavy atom. The maximum atomic E-state index is 2.47. The van der Waals surface area contributed by atoms with Gasteiger partial charge in [-0.2, -0.15) is 0 Å². The third kappa shape index (κ3) is 1.64. The molecule has 0 amide bonds. The van der Waals surface area contributed by atoms with E-state index < -0.39 is 0 Å². The standard InChI is InChI=1S/C19H36/c1-13-14(2)16(5,6)18(9,10)19(11,12)17(7,8)15(13,3)4/h1-12H3. The Morgan fingerprint density at radius 2 is 0.632 bits per heavy atom. The van der Waals surface area contributed by atoms with Gasteiger partial charge in [-0.25, -0.2) is 0 Å². The predicted octanol–water partition coefficient (Wildman–Crippen LogP) is 6.47. The summed E-state index contributed by atoms with van der Waals surface area (Å²) in [5.41, 5.74) is 4.32. The Balaban J connectivity index is 3.84. The summed E-state index contributed by atoms with van der Waals surface area (Å²) in [6.07, 6.45) is 0. The van der Waals surface area contributed by atoms with Crippen LogP contribution < -0.4 is 0 Å². The second-order valence-corrected chi connectivity index (χ2v) is 9.38. The van der Waals surface area contributed by atoms with Gasteiger partial charge in [-0.15, -0.1) is 0 Å². The van der Waals surface area contributed by atoms with Crippen molar-refractivity contribution in [1.29, 1.82) is 0 Å². The molecule has 0 radical (unpaired) electrons. The van der Waals surface area contributed by atoms with E-state index in [1.807, 2.05) is 0 Å². The molecule has 1 aliphatic rings. The summed E-state index contributed by atoms with van der Waals surface area (Å²) in [6.45, 7) is 29.3. The zero-order chi connectivity index (χ0) is 15.7. The molecule has 0 saturated heterocycles. The molecule has 0 N–H and O–H groups in total. The second-order valence-electron chi connectivity index (χ2n) is 9.38. The molecule has 0 nitrogen and oxygen atoms in total. The fourth-order valence-electron chi connectivity index (χ4n) is 4.22. The molecule has 0 heterocycles. The van der Waals surface area contributed by atoms with E-state index in [1.54, 1.807) is 11.1 Å². The van der Waals surface area contributed by atoms with Crippen LogP contribution in [0.15, 0.2) is 11.1 Å². The van der Waals surface area contributed by atoms with E-state index >= 15 is 0 Å². The van der Waals surface area contributed by atoms with Gasteiger partial charge in [-0.3, -0.25) is 0 Å². The van der Waals surface area contributed by atoms with Crippen LogP contribution in [-0.4, -0.2) is 0 Å². The van der Waals surface area contributed by atoms with Gasteiger partial charge in [-0.1, -0.05) is 80.4 Å². The van der Waals surface area contributed by atoms with Gasteiger partial charge < -0.3 is 0 Å². The third-order valence-corrected chi connectivity index (χ3v) is 8.69. The molecule has 0 spiro atoms. The van der Waals surface area contributed by atoms with Crippen LogP contribution in [0.5, 0.6) is 0 Å². The molecule has 0 fully saturated rings. The summed E-state index contributed by atoms with van der Waals surface area (Å²) in [4.78, 5) is 0. The molecule has 0 aliphatic heterocycles. The summed E-state index contributed by atoms with van der Waals surface area (Å²) in [6, 6.07) is 0. The van der Waals surface area contributed by atoms with Crippen LogP contribution in [0.25, 0.3) is 0 Å². The molecule has 0 aromatic heterocycles. The minimum absolute atomic E-state index is 0.214. The Labute approximate surface area is 122 Å². The molecule has 0 atom stereocenters. The van der Waals surface area contributed by atoms with Gasteiger partial charge in [0, 0.05) is 0 Å². The molecule has 112 valence electrons. The largest absolute Gasteiger partial charge is 0.0676 e. The van der Waals surface area contributed by atoms with Crippen LogP contribution in [0, 0.1) is 27.1 Å². The van der Waals surface area contributed by atoms with E-state index in [0.29, 0.717) is 0 Å². The first-order valence-corrected chi connectivity index (χ1v) is 7.75. The molecular weight excluding hydrogens is 228 g/mol. The zero-order valence-electron chi connectivity index (χ0n) is 15.5. The Bertz CT molecular complexity index is 373. The quantitative estimate of drug-likeness (QED) is 0.440. The summed E-state index contributed by atoms with van der Waals surface area (Å²) >= 11 is 0. The lowest BCUT2D eigenvalue weighted by molar-refractivity contribution is -0.110. The summed E-state index contributed by atoms with van der Waals surface area (Å²) < 4.78 is 0. The molecule has 0 aromatic carbocycles. The van der Waals surface area contributed by atoms with Gasteiger partial charge in [0.2, 0.25) is 0 Å². The van der Waals surface area contributed by atoms with Gasteiger partial charge in [-0.05, 0) is 40.9 Å². The van der Waals surface area contributed by atoms with Crippen molar-refractivity contribution in [2.75, 3.05) is 0 Å². The first-order valence-electron chi connectivity index (χ1n) is 7.75. The van der Waals surface area contributed by atoms with E-state index in [0.717, 1.165) is 0 Å². The van der Waals surface area contributed by atoms with Crippen molar-refractivity contribution in [2.45, 2.75) is 83.1 Å². The summed E-state index contributed by atoms with van der Waals surface area (Å²) in [5.74, 6) is 0. The molecule has 0 bridgehead atoms. The topological polar surface area (TPSA) is 0 Å². The SMILES string of the molecule is CC1=C(C)C(C)(C)C(C)(C)C(C)(C)C(C)(C)C1(C)C. The van der Waals surface area contributed by atoms with Crippen molar-refractivity contribution in [1.82, 2.24) is 0 Å². The molecule has 0 unspecified atom stereocenters. The van der Waals surface area contributed by atoms with Crippen LogP contribution in [0.3, 0.4) is 0 Å². The highest BCUT2D eigenvalue weighted by atomic mass is 14.7. The molecule has 0 saturated carbocycles. The van der Waals surface area contributed by atoms with Crippen LogP contribution in [0.2, 0.25) is 0 Å². The van der Waals surface area contributed by atoms with Crippen molar-refractivity contribution >= 4 is 0 Å². The van der Waals surface area contributed by atoms with Gasteiger partial charge in [0.15, 0.2) is 0 Å². The highest BCUT2D eigenvalue weighted by molar-refractivity contribution is 5.32. The first-order chi connectivity index (χ1) is 8.07. The van der Waals surface area contributed by atoms with Crippen molar-refractivity contribution in [3.8, 4) is 0 Å². The maximum Gasteiger partial charge on any atom is -0.00882 e. The van der Waals surface area contributed by atoms with E-state index in [-0.39, 0.29) is 27.1 Å². The third-order valence-electron chi connectivity index (χ3n) is 8.69. The number of hydrogen-bond donors (Lipinski definition) is 0. The Morgan fingerprint density at radius 3 is 0.842 bits per heavy atom. The minimum Gasteiger partial charge on any atom is -0.0676 e. The number of allylic oxidation sites excluding steroid dienone is 2. The van der Waals surface area contributed by atoms with E-state index in [1.165, 1.54) is 0 Å².